The Labute approximate surface area is 275 Å². The standard InChI is InChI=1S/C43H26N4O/c1-2-12-28(13-3-1)41-44-42(46-43(45-41)47-37-19-8-6-15-33(37)34-16-7-9-20-38(34)47)31-23-24-35-36-18-10-17-32(40(36)48-39(35)26-31)30-22-21-27-11-4-5-14-29(27)25-30/h1-26H. The smallest absolute Gasteiger partial charge is 0.238 e. The third-order valence-electron chi connectivity index (χ3n) is 9.25. The van der Waals surface area contributed by atoms with Crippen LogP contribution in [0.15, 0.2) is 162 Å². The molecule has 224 valence electrons. The van der Waals surface area contributed by atoms with Crippen LogP contribution in [0.3, 0.4) is 0 Å². The number of hydrogen-bond acceptors (Lipinski definition) is 4. The third kappa shape index (κ3) is 4.15. The molecule has 10 rings (SSSR count). The van der Waals surface area contributed by atoms with Gasteiger partial charge in [0.05, 0.1) is 11.0 Å². The highest BCUT2D eigenvalue weighted by Crippen LogP contribution is 2.38. The van der Waals surface area contributed by atoms with Crippen LogP contribution in [0.4, 0.5) is 0 Å². The number of para-hydroxylation sites is 3. The van der Waals surface area contributed by atoms with Crippen LogP contribution in [0.25, 0.3) is 94.4 Å². The number of aromatic nitrogens is 4. The quantitative estimate of drug-likeness (QED) is 0.198. The van der Waals surface area contributed by atoms with E-state index in [1.165, 1.54) is 10.8 Å². The maximum Gasteiger partial charge on any atom is 0.238 e. The molecule has 0 spiro atoms. The Kier molecular flexibility index (Phi) is 5.81. The van der Waals surface area contributed by atoms with Crippen LogP contribution < -0.4 is 0 Å². The molecule has 0 aliphatic carbocycles. The maximum absolute atomic E-state index is 6.67. The molecule has 3 aromatic heterocycles. The van der Waals surface area contributed by atoms with Crippen molar-refractivity contribution in [3.8, 4) is 39.9 Å². The molecule has 7 aromatic carbocycles. The van der Waals surface area contributed by atoms with Gasteiger partial charge in [0.25, 0.3) is 0 Å². The van der Waals surface area contributed by atoms with E-state index in [0.717, 1.165) is 66.0 Å². The van der Waals surface area contributed by atoms with Gasteiger partial charge in [-0.2, -0.15) is 9.97 Å². The molecule has 0 aliphatic heterocycles. The zero-order chi connectivity index (χ0) is 31.6. The summed E-state index contributed by atoms with van der Waals surface area (Å²) in [6.45, 7) is 0. The van der Waals surface area contributed by atoms with Crippen LogP contribution in [0.1, 0.15) is 0 Å². The summed E-state index contributed by atoms with van der Waals surface area (Å²) < 4.78 is 8.81. The van der Waals surface area contributed by atoms with Crippen LogP contribution in [-0.4, -0.2) is 19.5 Å². The number of hydrogen-bond donors (Lipinski definition) is 0. The van der Waals surface area contributed by atoms with Gasteiger partial charge >= 0.3 is 0 Å². The summed E-state index contributed by atoms with van der Waals surface area (Å²) in [6.07, 6.45) is 0. The molecule has 0 amide bonds. The Hall–Kier alpha value is -6.59. The molecule has 0 radical (unpaired) electrons. The minimum atomic E-state index is 0.569. The molecule has 0 atom stereocenters. The lowest BCUT2D eigenvalue weighted by atomic mass is 9.99. The second-order valence-corrected chi connectivity index (χ2v) is 12.1. The zero-order valence-electron chi connectivity index (χ0n) is 25.7. The Morgan fingerprint density at radius 3 is 1.85 bits per heavy atom. The molecule has 0 saturated heterocycles. The molecule has 0 bridgehead atoms. The van der Waals surface area contributed by atoms with E-state index in [-0.39, 0.29) is 0 Å². The summed E-state index contributed by atoms with van der Waals surface area (Å²) in [5.74, 6) is 1.76. The first-order valence-corrected chi connectivity index (χ1v) is 16.0. The Morgan fingerprint density at radius 2 is 1.06 bits per heavy atom. The third-order valence-corrected chi connectivity index (χ3v) is 9.25. The van der Waals surface area contributed by atoms with Gasteiger partial charge in [-0.15, -0.1) is 0 Å². The highest BCUT2D eigenvalue weighted by atomic mass is 16.3. The molecular weight excluding hydrogens is 589 g/mol. The van der Waals surface area contributed by atoms with Crippen molar-refractivity contribution in [1.29, 1.82) is 0 Å². The largest absolute Gasteiger partial charge is 0.455 e. The van der Waals surface area contributed by atoms with E-state index in [2.05, 4.69) is 132 Å². The van der Waals surface area contributed by atoms with Crippen molar-refractivity contribution >= 4 is 54.5 Å². The van der Waals surface area contributed by atoms with Gasteiger partial charge in [-0.3, -0.25) is 4.57 Å². The van der Waals surface area contributed by atoms with E-state index in [4.69, 9.17) is 19.4 Å². The predicted octanol–water partition coefficient (Wildman–Crippen LogP) is 11.0. The summed E-state index contributed by atoms with van der Waals surface area (Å²) >= 11 is 0. The van der Waals surface area contributed by atoms with Gasteiger partial charge in [0.2, 0.25) is 5.95 Å². The summed E-state index contributed by atoms with van der Waals surface area (Å²) in [7, 11) is 0. The second kappa shape index (κ2) is 10.5. The van der Waals surface area contributed by atoms with Crippen molar-refractivity contribution in [1.82, 2.24) is 19.5 Å². The van der Waals surface area contributed by atoms with Crippen molar-refractivity contribution in [2.75, 3.05) is 0 Å². The average molecular weight is 615 g/mol. The van der Waals surface area contributed by atoms with Crippen molar-refractivity contribution in [3.05, 3.63) is 158 Å². The molecule has 0 N–H and O–H groups in total. The van der Waals surface area contributed by atoms with Crippen LogP contribution in [0.5, 0.6) is 0 Å². The molecular formula is C43H26N4O. The average Bonchev–Trinajstić information content (AvgIpc) is 3.70. The van der Waals surface area contributed by atoms with Crippen LogP contribution in [0.2, 0.25) is 0 Å². The summed E-state index contributed by atoms with van der Waals surface area (Å²) in [6, 6.07) is 54.5. The molecule has 48 heavy (non-hydrogen) atoms. The first-order valence-electron chi connectivity index (χ1n) is 16.0. The first-order chi connectivity index (χ1) is 23.8. The molecule has 0 saturated carbocycles. The molecule has 10 aromatic rings. The van der Waals surface area contributed by atoms with Gasteiger partial charge in [0.15, 0.2) is 11.6 Å². The molecule has 5 nitrogen and oxygen atoms in total. The normalized spacial score (nSPS) is 11.8. The van der Waals surface area contributed by atoms with Crippen molar-refractivity contribution in [2.45, 2.75) is 0 Å². The molecule has 3 heterocycles. The Bertz CT molecular complexity index is 2800. The Morgan fingerprint density at radius 1 is 0.417 bits per heavy atom. The van der Waals surface area contributed by atoms with E-state index in [9.17, 15) is 0 Å². The van der Waals surface area contributed by atoms with Gasteiger partial charge in [0, 0.05) is 38.2 Å². The van der Waals surface area contributed by atoms with E-state index in [1.807, 2.05) is 30.3 Å². The zero-order valence-corrected chi connectivity index (χ0v) is 25.7. The number of nitrogens with zero attached hydrogens (tertiary/aromatic N) is 4. The lowest BCUT2D eigenvalue weighted by Gasteiger charge is -2.10. The topological polar surface area (TPSA) is 56.7 Å². The minimum Gasteiger partial charge on any atom is -0.455 e. The fourth-order valence-electron chi connectivity index (χ4n) is 6.97. The van der Waals surface area contributed by atoms with Gasteiger partial charge < -0.3 is 4.42 Å². The van der Waals surface area contributed by atoms with Crippen molar-refractivity contribution in [2.24, 2.45) is 0 Å². The fourth-order valence-corrected chi connectivity index (χ4v) is 6.97. The predicted molar refractivity (Wildman–Crippen MR) is 195 cm³/mol. The summed E-state index contributed by atoms with van der Waals surface area (Å²) in [5.41, 5.74) is 7.72. The van der Waals surface area contributed by atoms with E-state index < -0.39 is 0 Å². The molecule has 0 fully saturated rings. The van der Waals surface area contributed by atoms with E-state index in [1.54, 1.807) is 0 Å². The number of furan rings is 1. The van der Waals surface area contributed by atoms with Gasteiger partial charge in [-0.25, -0.2) is 4.98 Å². The highest BCUT2D eigenvalue weighted by Gasteiger charge is 2.19. The summed E-state index contributed by atoms with van der Waals surface area (Å²) in [4.78, 5) is 15.2. The van der Waals surface area contributed by atoms with E-state index in [0.29, 0.717) is 17.6 Å². The fraction of sp³-hybridized carbons (Fsp3) is 0. The second-order valence-electron chi connectivity index (χ2n) is 12.1. The minimum absolute atomic E-state index is 0.569. The van der Waals surface area contributed by atoms with E-state index >= 15 is 0 Å². The number of fused-ring (bicyclic) bond motifs is 7. The number of benzene rings is 7. The SMILES string of the molecule is c1ccc(-c2nc(-c3ccc4c(c3)oc3c(-c5ccc6ccccc6c5)cccc34)nc(-n3c4ccccc4c4ccccc43)n2)cc1. The van der Waals surface area contributed by atoms with Crippen LogP contribution in [0, 0.1) is 0 Å². The lowest BCUT2D eigenvalue weighted by Crippen LogP contribution is -2.06. The van der Waals surface area contributed by atoms with Crippen LogP contribution in [-0.2, 0) is 0 Å². The first kappa shape index (κ1) is 26.6. The van der Waals surface area contributed by atoms with Gasteiger partial charge in [0.1, 0.15) is 11.2 Å². The number of rotatable bonds is 4. The summed E-state index contributed by atoms with van der Waals surface area (Å²) in [5, 5.41) is 6.86. The van der Waals surface area contributed by atoms with Gasteiger partial charge in [-0.1, -0.05) is 127 Å². The monoisotopic (exact) mass is 614 g/mol. The van der Waals surface area contributed by atoms with Crippen LogP contribution >= 0.6 is 0 Å². The molecule has 5 heteroatoms. The van der Waals surface area contributed by atoms with Crippen molar-refractivity contribution in [3.63, 3.8) is 0 Å². The van der Waals surface area contributed by atoms with Crippen molar-refractivity contribution < 1.29 is 4.42 Å². The highest BCUT2D eigenvalue weighted by molar-refractivity contribution is 6.11. The molecule has 0 unspecified atom stereocenters. The maximum atomic E-state index is 6.67. The molecule has 0 aliphatic rings. The Balaban J connectivity index is 1.17. The lowest BCUT2D eigenvalue weighted by molar-refractivity contribution is 0.670. The van der Waals surface area contributed by atoms with Gasteiger partial charge in [-0.05, 0) is 46.7 Å².